The highest BCUT2D eigenvalue weighted by Gasteiger charge is 2.56. The highest BCUT2D eigenvalue weighted by Crippen LogP contribution is 2.53. The van der Waals surface area contributed by atoms with Crippen LogP contribution in [-0.4, -0.2) is 27.4 Å². The number of carbonyl (C=O) groups excluding carboxylic acids is 1. The van der Waals surface area contributed by atoms with Gasteiger partial charge in [-0.1, -0.05) is 13.3 Å². The lowest BCUT2D eigenvalue weighted by Crippen LogP contribution is -2.38. The molecule has 0 radical (unpaired) electrons. The van der Waals surface area contributed by atoms with Crippen LogP contribution in [0.4, 0.5) is 0 Å². The summed E-state index contributed by atoms with van der Waals surface area (Å²) in [4.78, 5) is 22.2. The number of rotatable bonds is 6. The van der Waals surface area contributed by atoms with Crippen molar-refractivity contribution in [1.82, 2.24) is 5.32 Å². The van der Waals surface area contributed by atoms with Crippen LogP contribution >= 0.6 is 23.2 Å². The van der Waals surface area contributed by atoms with E-state index in [1.54, 1.807) is 0 Å². The van der Waals surface area contributed by atoms with E-state index in [1.165, 1.54) is 0 Å². The number of hydrogen-bond donors (Lipinski definition) is 2. The Morgan fingerprint density at radius 2 is 2.12 bits per heavy atom. The number of carboxylic acids is 1. The third-order valence-electron chi connectivity index (χ3n) is 2.55. The van der Waals surface area contributed by atoms with Gasteiger partial charge >= 0.3 is 5.97 Å². The number of hydrogen-bond acceptors (Lipinski definition) is 2. The Bertz CT molecular complexity index is 294. The number of carboxylic acid groups (broad SMARTS) is 1. The van der Waals surface area contributed by atoms with Gasteiger partial charge in [0.1, 0.15) is 4.33 Å². The Kier molecular flexibility index (Phi) is 4.44. The van der Waals surface area contributed by atoms with Gasteiger partial charge in [0.2, 0.25) is 5.91 Å². The third-order valence-corrected chi connectivity index (χ3v) is 3.38. The van der Waals surface area contributed by atoms with Crippen molar-refractivity contribution in [3.63, 3.8) is 0 Å². The van der Waals surface area contributed by atoms with Crippen molar-refractivity contribution in [3.8, 4) is 0 Å². The summed E-state index contributed by atoms with van der Waals surface area (Å²) in [6.07, 6.45) is 1.83. The molecule has 6 heteroatoms. The molecule has 1 aliphatic rings. The lowest BCUT2D eigenvalue weighted by Gasteiger charge is -2.16. The fourth-order valence-corrected chi connectivity index (χ4v) is 2.09. The Balaban J connectivity index is 2.42. The van der Waals surface area contributed by atoms with Crippen LogP contribution in [0.1, 0.15) is 32.6 Å². The minimum atomic E-state index is -0.954. The second kappa shape index (κ2) is 5.23. The van der Waals surface area contributed by atoms with Crippen LogP contribution in [0, 0.1) is 5.92 Å². The summed E-state index contributed by atoms with van der Waals surface area (Å²) in [5.74, 6) is -1.56. The molecular weight excluding hydrogens is 253 g/mol. The monoisotopic (exact) mass is 267 g/mol. The Labute approximate surface area is 104 Å². The molecule has 1 aliphatic carbocycles. The minimum Gasteiger partial charge on any atom is -0.481 e. The van der Waals surface area contributed by atoms with Gasteiger partial charge in [-0.3, -0.25) is 9.59 Å². The zero-order valence-electron chi connectivity index (χ0n) is 9.00. The van der Waals surface area contributed by atoms with Crippen molar-refractivity contribution in [2.75, 3.05) is 0 Å². The van der Waals surface area contributed by atoms with E-state index < -0.39 is 16.2 Å². The van der Waals surface area contributed by atoms with E-state index in [1.807, 2.05) is 6.92 Å². The van der Waals surface area contributed by atoms with Gasteiger partial charge < -0.3 is 10.4 Å². The smallest absolute Gasteiger partial charge is 0.305 e. The van der Waals surface area contributed by atoms with Gasteiger partial charge in [0, 0.05) is 6.04 Å². The molecule has 1 saturated carbocycles. The fourth-order valence-electron chi connectivity index (χ4n) is 1.58. The summed E-state index contributed by atoms with van der Waals surface area (Å²) in [6.45, 7) is 1.94. The standard InChI is InChI=1S/C10H15Cl2NO3/c1-2-3-6(4-8(14)15)13-9(16)7-5-10(7,11)12/h6-7H,2-5H2,1H3,(H,13,16)(H,14,15). The minimum absolute atomic E-state index is 0.0656. The van der Waals surface area contributed by atoms with Gasteiger partial charge in [-0.05, 0) is 12.8 Å². The Hall–Kier alpha value is -0.480. The molecule has 0 heterocycles. The number of alkyl halides is 2. The van der Waals surface area contributed by atoms with Crippen LogP contribution in [-0.2, 0) is 9.59 Å². The molecule has 1 rings (SSSR count). The maximum absolute atomic E-state index is 11.6. The van der Waals surface area contributed by atoms with Crippen LogP contribution in [0.5, 0.6) is 0 Å². The van der Waals surface area contributed by atoms with E-state index in [4.69, 9.17) is 28.3 Å². The summed E-state index contributed by atoms with van der Waals surface area (Å²) >= 11 is 11.5. The van der Waals surface area contributed by atoms with Gasteiger partial charge in [0.05, 0.1) is 12.3 Å². The first-order valence-electron chi connectivity index (χ1n) is 5.26. The van der Waals surface area contributed by atoms with E-state index in [0.717, 1.165) is 6.42 Å². The maximum Gasteiger partial charge on any atom is 0.305 e. The predicted octanol–water partition coefficient (Wildman–Crippen LogP) is 1.94. The van der Waals surface area contributed by atoms with Crippen molar-refractivity contribution >= 4 is 35.1 Å². The molecule has 0 bridgehead atoms. The van der Waals surface area contributed by atoms with Gasteiger partial charge in [-0.25, -0.2) is 0 Å². The first kappa shape index (κ1) is 13.6. The molecule has 2 unspecified atom stereocenters. The zero-order valence-corrected chi connectivity index (χ0v) is 10.5. The average molecular weight is 268 g/mol. The van der Waals surface area contributed by atoms with Crippen molar-refractivity contribution < 1.29 is 14.7 Å². The normalized spacial score (nSPS) is 23.6. The van der Waals surface area contributed by atoms with Gasteiger partial charge in [0.15, 0.2) is 0 Å². The average Bonchev–Trinajstić information content (AvgIpc) is 2.74. The second-order valence-corrected chi connectivity index (χ2v) is 5.65. The first-order chi connectivity index (χ1) is 7.36. The molecule has 4 nitrogen and oxygen atoms in total. The molecule has 0 aromatic rings. The van der Waals surface area contributed by atoms with E-state index in [0.29, 0.717) is 12.8 Å². The van der Waals surface area contributed by atoms with Gasteiger partial charge in [0.25, 0.3) is 0 Å². The fraction of sp³-hybridized carbons (Fsp3) is 0.800. The van der Waals surface area contributed by atoms with Gasteiger partial charge in [-0.15, -0.1) is 23.2 Å². The van der Waals surface area contributed by atoms with Gasteiger partial charge in [-0.2, -0.15) is 0 Å². The molecule has 0 aromatic heterocycles. The van der Waals surface area contributed by atoms with E-state index in [9.17, 15) is 9.59 Å². The Morgan fingerprint density at radius 1 is 1.56 bits per heavy atom. The molecule has 16 heavy (non-hydrogen) atoms. The van der Waals surface area contributed by atoms with E-state index in [2.05, 4.69) is 5.32 Å². The maximum atomic E-state index is 11.6. The molecule has 0 saturated heterocycles. The van der Waals surface area contributed by atoms with E-state index >= 15 is 0 Å². The van der Waals surface area contributed by atoms with Crippen LogP contribution in [0.25, 0.3) is 0 Å². The van der Waals surface area contributed by atoms with E-state index in [-0.39, 0.29) is 18.4 Å². The van der Waals surface area contributed by atoms with Crippen molar-refractivity contribution in [1.29, 1.82) is 0 Å². The first-order valence-corrected chi connectivity index (χ1v) is 6.02. The molecular formula is C10H15Cl2NO3. The Morgan fingerprint density at radius 3 is 2.50 bits per heavy atom. The second-order valence-electron chi connectivity index (χ2n) is 4.11. The molecule has 2 N–H and O–H groups in total. The third kappa shape index (κ3) is 3.83. The van der Waals surface area contributed by atoms with Crippen molar-refractivity contribution in [3.05, 3.63) is 0 Å². The SMILES string of the molecule is CCCC(CC(=O)O)NC(=O)C1CC1(Cl)Cl. The van der Waals surface area contributed by atoms with Crippen LogP contribution in [0.3, 0.4) is 0 Å². The predicted molar refractivity (Wildman–Crippen MR) is 61.6 cm³/mol. The quantitative estimate of drug-likeness (QED) is 0.723. The summed E-state index contributed by atoms with van der Waals surface area (Å²) < 4.78 is -0.954. The van der Waals surface area contributed by atoms with Crippen molar-refractivity contribution in [2.24, 2.45) is 5.92 Å². The molecule has 92 valence electrons. The molecule has 0 aliphatic heterocycles. The lowest BCUT2D eigenvalue weighted by atomic mass is 10.1. The zero-order chi connectivity index (χ0) is 12.3. The molecule has 0 spiro atoms. The summed E-state index contributed by atoms with van der Waals surface area (Å²) in [6, 6.07) is -0.334. The van der Waals surface area contributed by atoms with Crippen LogP contribution in [0.2, 0.25) is 0 Å². The molecule has 0 aromatic carbocycles. The number of amides is 1. The summed E-state index contributed by atoms with van der Waals surface area (Å²) in [5, 5.41) is 11.4. The number of carbonyl (C=O) groups is 2. The van der Waals surface area contributed by atoms with Crippen LogP contribution in [0.15, 0.2) is 0 Å². The van der Waals surface area contributed by atoms with Crippen molar-refractivity contribution in [2.45, 2.75) is 43.0 Å². The number of aliphatic carboxylic acids is 1. The lowest BCUT2D eigenvalue weighted by molar-refractivity contribution is -0.137. The number of halogens is 2. The topological polar surface area (TPSA) is 66.4 Å². The largest absolute Gasteiger partial charge is 0.481 e. The molecule has 1 fully saturated rings. The number of nitrogens with one attached hydrogen (secondary N) is 1. The highest BCUT2D eigenvalue weighted by molar-refractivity contribution is 6.52. The molecule has 1 amide bonds. The highest BCUT2D eigenvalue weighted by atomic mass is 35.5. The summed E-state index contributed by atoms with van der Waals surface area (Å²) in [7, 11) is 0. The van der Waals surface area contributed by atoms with Crippen LogP contribution < -0.4 is 5.32 Å². The summed E-state index contributed by atoms with van der Waals surface area (Å²) in [5.41, 5.74) is 0. The molecule has 2 atom stereocenters.